The van der Waals surface area contributed by atoms with Gasteiger partial charge in [0, 0.05) is 46.9 Å². The summed E-state index contributed by atoms with van der Waals surface area (Å²) < 4.78 is 38.9. The molecule has 0 spiro atoms. The van der Waals surface area contributed by atoms with Crippen molar-refractivity contribution >= 4 is 28.4 Å². The van der Waals surface area contributed by atoms with Crippen molar-refractivity contribution in [3.8, 4) is 0 Å². The molecule has 5 rings (SSSR count). The Morgan fingerprint density at radius 1 is 0.971 bits per heavy atom. The Bertz CT molecular complexity index is 1390. The maximum Gasteiger partial charge on any atom is 0.416 e. The van der Waals surface area contributed by atoms with E-state index in [2.05, 4.69) is 10.3 Å². The molecule has 0 aliphatic carbocycles. The second-order valence-corrected chi connectivity index (χ2v) is 8.15. The summed E-state index contributed by atoms with van der Waals surface area (Å²) in [6.07, 6.45) is -2.68. The van der Waals surface area contributed by atoms with Gasteiger partial charge in [-0.15, -0.1) is 0 Å². The third-order valence-electron chi connectivity index (χ3n) is 6.03. The molecule has 0 unspecified atom stereocenters. The largest absolute Gasteiger partial charge is 0.416 e. The van der Waals surface area contributed by atoms with Gasteiger partial charge >= 0.3 is 6.18 Å². The van der Waals surface area contributed by atoms with Crippen LogP contribution in [-0.4, -0.2) is 28.2 Å². The summed E-state index contributed by atoms with van der Waals surface area (Å²) in [7, 11) is 0. The zero-order valence-corrected chi connectivity index (χ0v) is 17.9. The molecule has 0 saturated heterocycles. The molecule has 2 amide bonds. The van der Waals surface area contributed by atoms with Gasteiger partial charge in [0.05, 0.1) is 11.6 Å². The minimum absolute atomic E-state index is 0.0593. The quantitative estimate of drug-likeness (QED) is 0.395. The standard InChI is InChI=1S/C26H20F3N3O2/c27-26(28,29)16-6-5-7-17(14-16)31-23(33)12-13-32-24(19-9-1-2-10-20(19)25(32)34)21-15-30-22-11-4-3-8-18(21)22/h1-11,14-15,24,30H,12-13H2,(H,31,33)/t24-/m1/s1. The zero-order chi connectivity index (χ0) is 23.9. The predicted molar refractivity (Wildman–Crippen MR) is 122 cm³/mol. The average molecular weight is 463 g/mol. The second kappa shape index (κ2) is 8.37. The molecule has 1 aliphatic rings. The molecule has 0 radical (unpaired) electrons. The lowest BCUT2D eigenvalue weighted by molar-refractivity contribution is -0.137. The van der Waals surface area contributed by atoms with Crippen molar-refractivity contribution in [2.75, 3.05) is 11.9 Å². The first-order chi connectivity index (χ1) is 16.3. The van der Waals surface area contributed by atoms with E-state index in [1.807, 2.05) is 42.6 Å². The number of fused-ring (bicyclic) bond motifs is 2. The molecule has 34 heavy (non-hydrogen) atoms. The Hall–Kier alpha value is -4.07. The zero-order valence-electron chi connectivity index (χ0n) is 17.9. The highest BCUT2D eigenvalue weighted by Crippen LogP contribution is 2.41. The number of rotatable bonds is 5. The fourth-order valence-electron chi connectivity index (χ4n) is 4.48. The molecule has 1 aromatic heterocycles. The number of amides is 2. The molecule has 0 fully saturated rings. The van der Waals surface area contributed by atoms with E-state index >= 15 is 0 Å². The highest BCUT2D eigenvalue weighted by Gasteiger charge is 2.38. The Balaban J connectivity index is 1.38. The van der Waals surface area contributed by atoms with E-state index in [9.17, 15) is 22.8 Å². The number of benzene rings is 3. The Morgan fingerprint density at radius 3 is 2.56 bits per heavy atom. The van der Waals surface area contributed by atoms with Gasteiger partial charge in [0.15, 0.2) is 0 Å². The van der Waals surface area contributed by atoms with Crippen LogP contribution in [0.1, 0.15) is 39.5 Å². The van der Waals surface area contributed by atoms with Crippen molar-refractivity contribution < 1.29 is 22.8 Å². The van der Waals surface area contributed by atoms with Crippen LogP contribution in [-0.2, 0) is 11.0 Å². The fourth-order valence-corrected chi connectivity index (χ4v) is 4.48. The van der Waals surface area contributed by atoms with Gasteiger partial charge < -0.3 is 15.2 Å². The summed E-state index contributed by atoms with van der Waals surface area (Å²) in [5.41, 5.74) is 2.52. The molecular weight excluding hydrogens is 443 g/mol. The molecule has 1 aliphatic heterocycles. The van der Waals surface area contributed by atoms with Gasteiger partial charge in [-0.25, -0.2) is 0 Å². The molecule has 3 aromatic carbocycles. The van der Waals surface area contributed by atoms with Crippen molar-refractivity contribution in [2.45, 2.75) is 18.6 Å². The normalized spacial score (nSPS) is 15.6. The van der Waals surface area contributed by atoms with Crippen molar-refractivity contribution in [2.24, 2.45) is 0 Å². The van der Waals surface area contributed by atoms with Crippen molar-refractivity contribution in [1.29, 1.82) is 0 Å². The third kappa shape index (κ3) is 3.91. The van der Waals surface area contributed by atoms with Crippen molar-refractivity contribution in [3.05, 3.63) is 101 Å². The molecule has 4 aromatic rings. The first-order valence-electron chi connectivity index (χ1n) is 10.8. The van der Waals surface area contributed by atoms with Crippen LogP contribution in [0.3, 0.4) is 0 Å². The van der Waals surface area contributed by atoms with Gasteiger partial charge in [-0.1, -0.05) is 42.5 Å². The summed E-state index contributed by atoms with van der Waals surface area (Å²) in [6, 6.07) is 19.2. The topological polar surface area (TPSA) is 65.2 Å². The molecular formula is C26H20F3N3O2. The Kier molecular flexibility index (Phi) is 5.36. The minimum Gasteiger partial charge on any atom is -0.361 e. The van der Waals surface area contributed by atoms with Crippen LogP contribution in [0.5, 0.6) is 0 Å². The number of H-pyrrole nitrogens is 1. The van der Waals surface area contributed by atoms with Gasteiger partial charge in [-0.05, 0) is 35.9 Å². The van der Waals surface area contributed by atoms with E-state index in [4.69, 9.17) is 0 Å². The number of carbonyl (C=O) groups is 2. The number of anilines is 1. The number of nitrogens with zero attached hydrogens (tertiary/aromatic N) is 1. The van der Waals surface area contributed by atoms with Gasteiger partial charge in [-0.2, -0.15) is 13.2 Å². The minimum atomic E-state index is -4.50. The van der Waals surface area contributed by atoms with Gasteiger partial charge in [0.1, 0.15) is 0 Å². The number of para-hydroxylation sites is 1. The van der Waals surface area contributed by atoms with Gasteiger partial charge in [0.25, 0.3) is 5.91 Å². The van der Waals surface area contributed by atoms with Crippen LogP contribution in [0.25, 0.3) is 10.9 Å². The van der Waals surface area contributed by atoms with Crippen LogP contribution < -0.4 is 5.32 Å². The second-order valence-electron chi connectivity index (χ2n) is 8.15. The first-order valence-corrected chi connectivity index (χ1v) is 10.8. The van der Waals surface area contributed by atoms with E-state index in [1.54, 1.807) is 17.0 Å². The summed E-state index contributed by atoms with van der Waals surface area (Å²) in [6.45, 7) is 0.114. The highest BCUT2D eigenvalue weighted by atomic mass is 19.4. The molecule has 5 nitrogen and oxygen atoms in total. The lowest BCUT2D eigenvalue weighted by atomic mass is 9.97. The van der Waals surface area contributed by atoms with Crippen LogP contribution in [0.2, 0.25) is 0 Å². The summed E-state index contributed by atoms with van der Waals surface area (Å²) in [5, 5.41) is 3.49. The van der Waals surface area contributed by atoms with Gasteiger partial charge in [-0.3, -0.25) is 9.59 Å². The molecule has 0 saturated carbocycles. The predicted octanol–water partition coefficient (Wildman–Crippen LogP) is 5.76. The maximum absolute atomic E-state index is 13.2. The van der Waals surface area contributed by atoms with E-state index in [-0.39, 0.29) is 30.6 Å². The number of carbonyl (C=O) groups excluding carboxylic acids is 2. The molecule has 0 bridgehead atoms. The number of aromatic amines is 1. The van der Waals surface area contributed by atoms with Crippen LogP contribution in [0.4, 0.5) is 18.9 Å². The SMILES string of the molecule is O=C(CCN1C(=O)c2ccccc2[C@@H]1c1c[nH]c2ccccc12)Nc1cccc(C(F)(F)F)c1. The monoisotopic (exact) mass is 463 g/mol. The molecule has 2 N–H and O–H groups in total. The molecule has 172 valence electrons. The number of nitrogens with one attached hydrogen (secondary N) is 2. The van der Waals surface area contributed by atoms with Crippen molar-refractivity contribution in [1.82, 2.24) is 9.88 Å². The van der Waals surface area contributed by atoms with Gasteiger partial charge in [0.2, 0.25) is 5.91 Å². The summed E-state index contributed by atoms with van der Waals surface area (Å²) >= 11 is 0. The van der Waals surface area contributed by atoms with Crippen LogP contribution >= 0.6 is 0 Å². The van der Waals surface area contributed by atoms with Crippen LogP contribution in [0, 0.1) is 0 Å². The Labute approximate surface area is 193 Å². The third-order valence-corrected chi connectivity index (χ3v) is 6.03. The average Bonchev–Trinajstić information content (AvgIpc) is 3.36. The van der Waals surface area contributed by atoms with E-state index in [0.717, 1.165) is 34.2 Å². The van der Waals surface area contributed by atoms with Crippen molar-refractivity contribution in [3.63, 3.8) is 0 Å². The molecule has 1 atom stereocenters. The number of alkyl halides is 3. The lowest BCUT2D eigenvalue weighted by Gasteiger charge is -2.25. The highest BCUT2D eigenvalue weighted by molar-refractivity contribution is 6.01. The van der Waals surface area contributed by atoms with Crippen LogP contribution in [0.15, 0.2) is 79.0 Å². The number of hydrogen-bond acceptors (Lipinski definition) is 2. The fraction of sp³-hybridized carbons (Fsp3) is 0.154. The number of aromatic nitrogens is 1. The van der Waals surface area contributed by atoms with E-state index in [0.29, 0.717) is 5.56 Å². The number of hydrogen-bond donors (Lipinski definition) is 2. The lowest BCUT2D eigenvalue weighted by Crippen LogP contribution is -2.32. The van der Waals surface area contributed by atoms with E-state index in [1.165, 1.54) is 12.1 Å². The first kappa shape index (κ1) is 21.8. The summed E-state index contributed by atoms with van der Waals surface area (Å²) in [4.78, 5) is 30.7. The number of halogens is 3. The smallest absolute Gasteiger partial charge is 0.361 e. The maximum atomic E-state index is 13.2. The molecule has 8 heteroatoms. The molecule has 2 heterocycles. The summed E-state index contributed by atoms with van der Waals surface area (Å²) in [5.74, 6) is -0.654. The Morgan fingerprint density at radius 2 is 1.74 bits per heavy atom. The van der Waals surface area contributed by atoms with E-state index < -0.39 is 17.6 Å².